The Morgan fingerprint density at radius 2 is 1.54 bits per heavy atom. The molecule has 0 unspecified atom stereocenters. The van der Waals surface area contributed by atoms with Gasteiger partial charge in [0.2, 0.25) is 10.0 Å². The van der Waals surface area contributed by atoms with E-state index in [0.29, 0.717) is 29.3 Å². The van der Waals surface area contributed by atoms with Crippen LogP contribution >= 0.6 is 0 Å². The zero-order valence-corrected chi connectivity index (χ0v) is 18.3. The Morgan fingerprint density at radius 3 is 2.07 bits per heavy atom. The summed E-state index contributed by atoms with van der Waals surface area (Å²) >= 11 is 0. The van der Waals surface area contributed by atoms with Crippen molar-refractivity contribution in [3.05, 3.63) is 30.3 Å². The van der Waals surface area contributed by atoms with Crippen molar-refractivity contribution in [3.8, 4) is 0 Å². The van der Waals surface area contributed by atoms with Gasteiger partial charge in [-0.1, -0.05) is 18.2 Å². The number of rotatable bonds is 4. The lowest BCUT2D eigenvalue weighted by atomic mass is 9.53. The molecule has 3 fully saturated rings. The van der Waals surface area contributed by atoms with Gasteiger partial charge < -0.3 is 9.31 Å². The first-order chi connectivity index (χ1) is 13.0. The van der Waals surface area contributed by atoms with E-state index in [1.165, 1.54) is 0 Å². The van der Waals surface area contributed by atoms with Crippen LogP contribution in [-0.2, 0) is 19.3 Å². The zero-order chi connectivity index (χ0) is 20.2. The fourth-order valence-corrected chi connectivity index (χ4v) is 6.48. The van der Waals surface area contributed by atoms with E-state index in [4.69, 9.17) is 9.31 Å². The van der Waals surface area contributed by atoms with Crippen LogP contribution in [0, 0.1) is 11.3 Å². The van der Waals surface area contributed by atoms with Gasteiger partial charge in [-0.2, -0.15) is 4.31 Å². The highest BCUT2D eigenvalue weighted by Gasteiger charge is 2.54. The van der Waals surface area contributed by atoms with Crippen molar-refractivity contribution in [3.63, 3.8) is 0 Å². The van der Waals surface area contributed by atoms with Gasteiger partial charge in [0.15, 0.2) is 0 Å². The molecular formula is C21H32BNO4S. The van der Waals surface area contributed by atoms with Gasteiger partial charge in [-0.05, 0) is 83.2 Å². The first kappa shape index (κ1) is 20.4. The molecule has 0 atom stereocenters. The molecule has 7 heteroatoms. The maximum Gasteiger partial charge on any atom is 0.458 e. The second-order valence-electron chi connectivity index (χ2n) is 9.91. The van der Waals surface area contributed by atoms with Gasteiger partial charge in [-0.15, -0.1) is 0 Å². The van der Waals surface area contributed by atoms with E-state index in [1.807, 2.05) is 6.07 Å². The standard InChI is InChI=1S/C21H32BNO4S/c1-19(2)20(3,4)27-22(26-19)16-17-14-21(15-17)10-12-23(13-11-21)28(24,25)18-8-6-5-7-9-18/h5-9,17H,10-16H2,1-4H3. The molecule has 1 aromatic carbocycles. The zero-order valence-electron chi connectivity index (χ0n) is 17.5. The largest absolute Gasteiger partial charge is 0.458 e. The van der Waals surface area contributed by atoms with Crippen LogP contribution in [0.25, 0.3) is 0 Å². The predicted molar refractivity (Wildman–Crippen MR) is 110 cm³/mol. The van der Waals surface area contributed by atoms with Crippen molar-refractivity contribution in [2.75, 3.05) is 13.1 Å². The molecule has 0 aromatic heterocycles. The molecule has 3 aliphatic rings. The Bertz CT molecular complexity index is 792. The van der Waals surface area contributed by atoms with Crippen LogP contribution in [0.1, 0.15) is 53.4 Å². The summed E-state index contributed by atoms with van der Waals surface area (Å²) in [7, 11) is -3.48. The summed E-state index contributed by atoms with van der Waals surface area (Å²) in [5, 5.41) is 0. The lowest BCUT2D eigenvalue weighted by molar-refractivity contribution is 0.00578. The topological polar surface area (TPSA) is 55.8 Å². The minimum absolute atomic E-state index is 0.120. The van der Waals surface area contributed by atoms with E-state index in [-0.39, 0.29) is 18.3 Å². The van der Waals surface area contributed by atoms with Crippen LogP contribution in [-0.4, -0.2) is 44.1 Å². The Kier molecular flexibility index (Phi) is 4.97. The lowest BCUT2D eigenvalue weighted by Crippen LogP contribution is -2.49. The second kappa shape index (κ2) is 6.83. The number of sulfonamides is 1. The van der Waals surface area contributed by atoms with Gasteiger partial charge in [0.1, 0.15) is 0 Å². The highest BCUT2D eigenvalue weighted by molar-refractivity contribution is 7.89. The first-order valence-electron chi connectivity index (χ1n) is 10.4. The van der Waals surface area contributed by atoms with Gasteiger partial charge in [-0.25, -0.2) is 8.42 Å². The van der Waals surface area contributed by atoms with E-state index >= 15 is 0 Å². The monoisotopic (exact) mass is 405 g/mol. The maximum absolute atomic E-state index is 12.8. The van der Waals surface area contributed by atoms with E-state index < -0.39 is 10.0 Å². The van der Waals surface area contributed by atoms with Crippen LogP contribution in [0.4, 0.5) is 0 Å². The van der Waals surface area contributed by atoms with Crippen LogP contribution in [0.5, 0.6) is 0 Å². The predicted octanol–water partition coefficient (Wildman–Crippen LogP) is 3.96. The van der Waals surface area contributed by atoms with E-state index in [9.17, 15) is 8.42 Å². The van der Waals surface area contributed by atoms with E-state index in [0.717, 1.165) is 32.0 Å². The number of piperidine rings is 1. The number of nitrogens with zero attached hydrogens (tertiary/aromatic N) is 1. The molecule has 2 aliphatic heterocycles. The van der Waals surface area contributed by atoms with Crippen molar-refractivity contribution < 1.29 is 17.7 Å². The molecule has 1 saturated carbocycles. The molecule has 2 saturated heterocycles. The lowest BCUT2D eigenvalue weighted by Gasteiger charge is -2.52. The fourth-order valence-electron chi connectivity index (χ4n) is 5.02. The number of hydrogen-bond acceptors (Lipinski definition) is 4. The average Bonchev–Trinajstić information content (AvgIpc) is 2.81. The molecule has 0 N–H and O–H groups in total. The fraction of sp³-hybridized carbons (Fsp3) is 0.714. The Labute approximate surface area is 170 Å². The number of benzene rings is 1. The quantitative estimate of drug-likeness (QED) is 0.712. The van der Waals surface area contributed by atoms with Gasteiger partial charge in [0.25, 0.3) is 0 Å². The van der Waals surface area contributed by atoms with Gasteiger partial charge in [0, 0.05) is 13.1 Å². The van der Waals surface area contributed by atoms with Crippen LogP contribution in [0.15, 0.2) is 35.2 Å². The summed E-state index contributed by atoms with van der Waals surface area (Å²) in [5.41, 5.74) is -0.219. The molecule has 1 aliphatic carbocycles. The Hall–Kier alpha value is -0.885. The molecule has 0 amide bonds. The van der Waals surface area contributed by atoms with Crippen molar-refractivity contribution >= 4 is 17.1 Å². The third kappa shape index (κ3) is 3.55. The third-order valence-electron chi connectivity index (χ3n) is 7.44. The van der Waals surface area contributed by atoms with Crippen molar-refractivity contribution in [2.45, 2.75) is 75.8 Å². The molecule has 1 spiro atoms. The van der Waals surface area contributed by atoms with Crippen LogP contribution < -0.4 is 0 Å². The molecule has 4 rings (SSSR count). The average molecular weight is 405 g/mol. The van der Waals surface area contributed by atoms with Crippen molar-refractivity contribution in [1.82, 2.24) is 4.31 Å². The SMILES string of the molecule is CC1(C)OB(CC2CC3(CCN(S(=O)(=O)c4ccccc4)CC3)C2)OC1(C)C. The summed E-state index contributed by atoms with van der Waals surface area (Å²) in [6.45, 7) is 9.63. The molecule has 0 radical (unpaired) electrons. The van der Waals surface area contributed by atoms with Crippen molar-refractivity contribution in [2.24, 2.45) is 11.3 Å². The van der Waals surface area contributed by atoms with Gasteiger partial charge in [-0.3, -0.25) is 0 Å². The minimum atomic E-state index is -3.36. The summed E-state index contributed by atoms with van der Waals surface area (Å²) in [6, 6.07) is 8.78. The van der Waals surface area contributed by atoms with Crippen LogP contribution in [0.2, 0.25) is 6.32 Å². The summed E-state index contributed by atoms with van der Waals surface area (Å²) in [5.74, 6) is 0.618. The molecule has 5 nitrogen and oxygen atoms in total. The molecule has 1 aromatic rings. The molecular weight excluding hydrogens is 373 g/mol. The van der Waals surface area contributed by atoms with Crippen LogP contribution in [0.3, 0.4) is 0 Å². The Balaban J connectivity index is 1.29. The summed E-state index contributed by atoms with van der Waals surface area (Å²) in [6.07, 6.45) is 5.19. The van der Waals surface area contributed by atoms with E-state index in [2.05, 4.69) is 27.7 Å². The normalized spacial score (nSPS) is 27.1. The van der Waals surface area contributed by atoms with Crippen molar-refractivity contribution in [1.29, 1.82) is 0 Å². The summed E-state index contributed by atoms with van der Waals surface area (Å²) in [4.78, 5) is 0.401. The maximum atomic E-state index is 12.8. The smallest absolute Gasteiger partial charge is 0.403 e. The molecule has 2 heterocycles. The third-order valence-corrected chi connectivity index (χ3v) is 9.35. The summed E-state index contributed by atoms with van der Waals surface area (Å²) < 4.78 is 39.6. The number of hydrogen-bond donors (Lipinski definition) is 0. The van der Waals surface area contributed by atoms with E-state index in [1.54, 1.807) is 28.6 Å². The highest BCUT2D eigenvalue weighted by atomic mass is 32.2. The highest BCUT2D eigenvalue weighted by Crippen LogP contribution is 2.55. The molecule has 28 heavy (non-hydrogen) atoms. The van der Waals surface area contributed by atoms with Gasteiger partial charge >= 0.3 is 7.12 Å². The minimum Gasteiger partial charge on any atom is -0.403 e. The molecule has 0 bridgehead atoms. The molecule has 154 valence electrons. The first-order valence-corrected chi connectivity index (χ1v) is 11.9. The second-order valence-corrected chi connectivity index (χ2v) is 11.9. The Morgan fingerprint density at radius 1 is 1.00 bits per heavy atom. The van der Waals surface area contributed by atoms with Gasteiger partial charge in [0.05, 0.1) is 16.1 Å².